The standard InChI is InChI=1S/C24H37N3O3/c1-24(2,3)23(30)27-12-4-5-20(17-27)22(29)25-15-18-6-8-19(9-7-18)16-26-13-10-21(28)11-14-26/h6-9,20-21,28H,4-5,10-17H2,1-3H3,(H,25,29). The van der Waals surface area contributed by atoms with Crippen molar-refractivity contribution < 1.29 is 14.7 Å². The zero-order valence-electron chi connectivity index (χ0n) is 18.7. The van der Waals surface area contributed by atoms with Crippen molar-refractivity contribution in [3.8, 4) is 0 Å². The largest absolute Gasteiger partial charge is 0.393 e. The fourth-order valence-electron chi connectivity index (χ4n) is 4.28. The summed E-state index contributed by atoms with van der Waals surface area (Å²) in [4.78, 5) is 29.4. The number of carbonyl (C=O) groups is 2. The highest BCUT2D eigenvalue weighted by molar-refractivity contribution is 5.83. The Morgan fingerprint density at radius 2 is 1.67 bits per heavy atom. The lowest BCUT2D eigenvalue weighted by molar-refractivity contribution is -0.142. The molecule has 1 unspecified atom stereocenters. The third-order valence-electron chi connectivity index (χ3n) is 6.17. The van der Waals surface area contributed by atoms with Crippen molar-refractivity contribution in [3.63, 3.8) is 0 Å². The molecule has 0 aliphatic carbocycles. The van der Waals surface area contributed by atoms with E-state index in [0.29, 0.717) is 13.1 Å². The molecule has 6 heteroatoms. The van der Waals surface area contributed by atoms with E-state index < -0.39 is 5.41 Å². The zero-order valence-corrected chi connectivity index (χ0v) is 18.7. The SMILES string of the molecule is CC(C)(C)C(=O)N1CCCC(C(=O)NCc2ccc(CN3CCC(O)CC3)cc2)C1. The first-order chi connectivity index (χ1) is 14.2. The number of hydrogen-bond acceptors (Lipinski definition) is 4. The predicted molar refractivity (Wildman–Crippen MR) is 118 cm³/mol. The van der Waals surface area contributed by atoms with Gasteiger partial charge in [-0.2, -0.15) is 0 Å². The van der Waals surface area contributed by atoms with Gasteiger partial charge in [0.05, 0.1) is 12.0 Å². The molecule has 2 amide bonds. The second-order valence-electron chi connectivity index (χ2n) is 9.88. The molecule has 2 fully saturated rings. The summed E-state index contributed by atoms with van der Waals surface area (Å²) in [7, 11) is 0. The molecule has 3 rings (SSSR count). The summed E-state index contributed by atoms with van der Waals surface area (Å²) >= 11 is 0. The Hall–Kier alpha value is -1.92. The van der Waals surface area contributed by atoms with E-state index in [9.17, 15) is 14.7 Å². The molecule has 1 aromatic carbocycles. The van der Waals surface area contributed by atoms with Gasteiger partial charge in [0, 0.05) is 44.7 Å². The van der Waals surface area contributed by atoms with Gasteiger partial charge in [0.2, 0.25) is 11.8 Å². The van der Waals surface area contributed by atoms with Crippen LogP contribution in [0, 0.1) is 11.3 Å². The van der Waals surface area contributed by atoms with Gasteiger partial charge in [-0.15, -0.1) is 0 Å². The van der Waals surface area contributed by atoms with Crippen molar-refractivity contribution in [1.82, 2.24) is 15.1 Å². The van der Waals surface area contributed by atoms with Crippen LogP contribution in [0.15, 0.2) is 24.3 Å². The van der Waals surface area contributed by atoms with Crippen LogP contribution in [0.2, 0.25) is 0 Å². The number of aliphatic hydroxyl groups is 1. The Bertz CT molecular complexity index is 718. The first-order valence-corrected chi connectivity index (χ1v) is 11.3. The van der Waals surface area contributed by atoms with Crippen LogP contribution in [-0.2, 0) is 22.7 Å². The van der Waals surface area contributed by atoms with Crippen LogP contribution in [0.1, 0.15) is 57.6 Å². The van der Waals surface area contributed by atoms with Gasteiger partial charge in [-0.1, -0.05) is 45.0 Å². The Balaban J connectivity index is 1.45. The van der Waals surface area contributed by atoms with Crippen LogP contribution in [0.3, 0.4) is 0 Å². The minimum atomic E-state index is -0.409. The van der Waals surface area contributed by atoms with Crippen molar-refractivity contribution in [3.05, 3.63) is 35.4 Å². The van der Waals surface area contributed by atoms with Crippen molar-refractivity contribution >= 4 is 11.8 Å². The molecule has 0 spiro atoms. The molecule has 166 valence electrons. The summed E-state index contributed by atoms with van der Waals surface area (Å²) in [6, 6.07) is 8.39. The molecule has 2 saturated heterocycles. The normalized spacial score (nSPS) is 21.5. The Labute approximate surface area is 180 Å². The lowest BCUT2D eigenvalue weighted by atomic mass is 9.91. The summed E-state index contributed by atoms with van der Waals surface area (Å²) in [6.07, 6.45) is 3.27. The van der Waals surface area contributed by atoms with E-state index in [1.807, 2.05) is 25.7 Å². The second kappa shape index (κ2) is 9.92. The lowest BCUT2D eigenvalue weighted by Gasteiger charge is -2.35. The van der Waals surface area contributed by atoms with E-state index in [4.69, 9.17) is 0 Å². The van der Waals surface area contributed by atoms with Crippen molar-refractivity contribution in [2.45, 2.75) is 65.6 Å². The highest BCUT2D eigenvalue weighted by Crippen LogP contribution is 2.23. The minimum Gasteiger partial charge on any atom is -0.393 e. The van der Waals surface area contributed by atoms with Crippen molar-refractivity contribution in [1.29, 1.82) is 0 Å². The highest BCUT2D eigenvalue weighted by atomic mass is 16.3. The molecule has 30 heavy (non-hydrogen) atoms. The average Bonchev–Trinajstić information content (AvgIpc) is 2.73. The van der Waals surface area contributed by atoms with Gasteiger partial charge in [0.15, 0.2) is 0 Å². The Morgan fingerprint density at radius 1 is 1.03 bits per heavy atom. The molecule has 2 aliphatic heterocycles. The molecule has 1 atom stereocenters. The zero-order chi connectivity index (χ0) is 21.7. The maximum atomic E-state index is 12.7. The number of piperidine rings is 2. The number of amides is 2. The topological polar surface area (TPSA) is 72.9 Å². The van der Waals surface area contributed by atoms with E-state index in [0.717, 1.165) is 57.4 Å². The minimum absolute atomic E-state index is 0.0392. The number of hydrogen-bond donors (Lipinski definition) is 2. The molecule has 2 heterocycles. The van der Waals surface area contributed by atoms with Gasteiger partial charge in [0.25, 0.3) is 0 Å². The fourth-order valence-corrected chi connectivity index (χ4v) is 4.28. The number of rotatable bonds is 5. The smallest absolute Gasteiger partial charge is 0.227 e. The molecule has 2 aliphatic rings. The number of likely N-dealkylation sites (tertiary alicyclic amines) is 2. The number of nitrogens with zero attached hydrogens (tertiary/aromatic N) is 2. The van der Waals surface area contributed by atoms with Gasteiger partial charge in [0.1, 0.15) is 0 Å². The lowest BCUT2D eigenvalue weighted by Crippen LogP contribution is -2.48. The predicted octanol–water partition coefficient (Wildman–Crippen LogP) is 2.54. The molecule has 0 radical (unpaired) electrons. The van der Waals surface area contributed by atoms with Crippen LogP contribution in [0.4, 0.5) is 0 Å². The molecular formula is C24H37N3O3. The summed E-state index contributed by atoms with van der Waals surface area (Å²) in [5, 5.41) is 12.7. The van der Waals surface area contributed by atoms with E-state index in [2.05, 4.69) is 34.5 Å². The highest BCUT2D eigenvalue weighted by Gasteiger charge is 2.33. The second-order valence-corrected chi connectivity index (χ2v) is 9.88. The monoisotopic (exact) mass is 415 g/mol. The molecule has 6 nitrogen and oxygen atoms in total. The van der Waals surface area contributed by atoms with Gasteiger partial charge in [-0.3, -0.25) is 14.5 Å². The summed E-state index contributed by atoms with van der Waals surface area (Å²) in [5.41, 5.74) is 1.93. The third-order valence-corrected chi connectivity index (χ3v) is 6.17. The number of nitrogens with one attached hydrogen (secondary N) is 1. The van der Waals surface area contributed by atoms with E-state index in [-0.39, 0.29) is 23.8 Å². The van der Waals surface area contributed by atoms with Crippen LogP contribution in [0.5, 0.6) is 0 Å². The number of carbonyl (C=O) groups excluding carboxylic acids is 2. The fraction of sp³-hybridized carbons (Fsp3) is 0.667. The van der Waals surface area contributed by atoms with E-state index in [1.54, 1.807) is 0 Å². The van der Waals surface area contributed by atoms with Gasteiger partial charge < -0.3 is 15.3 Å². The van der Waals surface area contributed by atoms with Gasteiger partial charge >= 0.3 is 0 Å². The molecule has 1 aromatic rings. The van der Waals surface area contributed by atoms with E-state index in [1.165, 1.54) is 5.56 Å². The van der Waals surface area contributed by atoms with Crippen molar-refractivity contribution in [2.75, 3.05) is 26.2 Å². The van der Waals surface area contributed by atoms with Gasteiger partial charge in [-0.25, -0.2) is 0 Å². The van der Waals surface area contributed by atoms with Gasteiger partial charge in [-0.05, 0) is 36.8 Å². The number of benzene rings is 1. The van der Waals surface area contributed by atoms with Crippen molar-refractivity contribution in [2.24, 2.45) is 11.3 Å². The molecular weight excluding hydrogens is 378 g/mol. The molecule has 0 saturated carbocycles. The number of aliphatic hydroxyl groups excluding tert-OH is 1. The molecule has 2 N–H and O–H groups in total. The average molecular weight is 416 g/mol. The summed E-state index contributed by atoms with van der Waals surface area (Å²) in [6.45, 7) is 10.3. The Morgan fingerprint density at radius 3 is 2.30 bits per heavy atom. The first-order valence-electron chi connectivity index (χ1n) is 11.3. The van der Waals surface area contributed by atoms with Crippen LogP contribution in [0.25, 0.3) is 0 Å². The maximum absolute atomic E-state index is 12.7. The van der Waals surface area contributed by atoms with Crippen LogP contribution < -0.4 is 5.32 Å². The first kappa shape index (κ1) is 22.8. The Kier molecular flexibility index (Phi) is 7.53. The quantitative estimate of drug-likeness (QED) is 0.775. The summed E-state index contributed by atoms with van der Waals surface area (Å²) in [5.74, 6) is 0.0370. The summed E-state index contributed by atoms with van der Waals surface area (Å²) < 4.78 is 0. The van der Waals surface area contributed by atoms with Crippen LogP contribution >= 0.6 is 0 Å². The van der Waals surface area contributed by atoms with E-state index >= 15 is 0 Å². The molecule has 0 bridgehead atoms. The van der Waals surface area contributed by atoms with Crippen LogP contribution in [-0.4, -0.2) is 59.0 Å². The third kappa shape index (κ3) is 6.29. The maximum Gasteiger partial charge on any atom is 0.227 e. The molecule has 0 aromatic heterocycles.